The van der Waals surface area contributed by atoms with E-state index < -0.39 is 6.04 Å². The minimum absolute atomic E-state index is 0.0597. The zero-order chi connectivity index (χ0) is 25.4. The van der Waals surface area contributed by atoms with Crippen molar-refractivity contribution in [3.05, 3.63) is 65.2 Å². The molecule has 0 spiro atoms. The smallest absolute Gasteiger partial charge is 0.261 e. The molecule has 0 unspecified atom stereocenters. The summed E-state index contributed by atoms with van der Waals surface area (Å²) in [6.45, 7) is 10.7. The Bertz CT molecular complexity index is 989. The molecule has 0 radical (unpaired) electrons. The van der Waals surface area contributed by atoms with Crippen molar-refractivity contribution >= 4 is 11.8 Å². The van der Waals surface area contributed by atoms with E-state index in [0.717, 1.165) is 42.4 Å². The lowest BCUT2D eigenvalue weighted by atomic mass is 9.86. The molecular formula is C30H42N2O3. The number of nitrogens with zero attached hydrogens (tertiary/aromatic N) is 1. The lowest BCUT2D eigenvalue weighted by Gasteiger charge is -2.33. The molecule has 5 heteroatoms. The molecule has 1 N–H and O–H groups in total. The molecule has 190 valence electrons. The third-order valence-corrected chi connectivity index (χ3v) is 6.82. The van der Waals surface area contributed by atoms with Crippen LogP contribution in [0.2, 0.25) is 0 Å². The molecule has 1 fully saturated rings. The summed E-state index contributed by atoms with van der Waals surface area (Å²) in [4.78, 5) is 28.6. The summed E-state index contributed by atoms with van der Waals surface area (Å²) in [5.41, 5.74) is 3.09. The van der Waals surface area contributed by atoms with Crippen LogP contribution < -0.4 is 10.1 Å². The second kappa shape index (κ2) is 12.2. The molecule has 0 heterocycles. The topological polar surface area (TPSA) is 58.6 Å². The van der Waals surface area contributed by atoms with Gasteiger partial charge < -0.3 is 15.0 Å². The fraction of sp³-hybridized carbons (Fsp3) is 0.533. The molecule has 0 aromatic heterocycles. The van der Waals surface area contributed by atoms with Crippen LogP contribution in [-0.2, 0) is 21.5 Å². The number of amides is 2. The number of rotatable bonds is 9. The summed E-state index contributed by atoms with van der Waals surface area (Å²) in [5, 5.41) is 3.23. The van der Waals surface area contributed by atoms with Crippen LogP contribution in [0.25, 0.3) is 0 Å². The lowest BCUT2D eigenvalue weighted by molar-refractivity contribution is -0.143. The van der Waals surface area contributed by atoms with Crippen LogP contribution in [0.5, 0.6) is 5.75 Å². The van der Waals surface area contributed by atoms with E-state index in [0.29, 0.717) is 18.7 Å². The highest BCUT2D eigenvalue weighted by atomic mass is 16.5. The van der Waals surface area contributed by atoms with Gasteiger partial charge in [0, 0.05) is 12.6 Å². The number of hydrogen-bond donors (Lipinski definition) is 1. The fourth-order valence-electron chi connectivity index (χ4n) is 4.91. The van der Waals surface area contributed by atoms with Crippen molar-refractivity contribution in [2.45, 2.75) is 97.2 Å². The van der Waals surface area contributed by atoms with E-state index in [1.54, 1.807) is 4.90 Å². The van der Waals surface area contributed by atoms with Gasteiger partial charge in [-0.2, -0.15) is 0 Å². The zero-order valence-electron chi connectivity index (χ0n) is 22.1. The van der Waals surface area contributed by atoms with Crippen LogP contribution in [0.3, 0.4) is 0 Å². The highest BCUT2D eigenvalue weighted by Crippen LogP contribution is 2.31. The van der Waals surface area contributed by atoms with Crippen LogP contribution >= 0.6 is 0 Å². The van der Waals surface area contributed by atoms with Crippen molar-refractivity contribution in [3.8, 4) is 5.75 Å². The average molecular weight is 479 g/mol. The second-order valence-electron chi connectivity index (χ2n) is 10.8. The number of hydrogen-bond acceptors (Lipinski definition) is 3. The third kappa shape index (κ3) is 7.58. The standard InChI is InChI=1S/C30H42N2O3/c1-6-26(29(34)31-24-15-8-7-9-16-24)32(20-23-14-12-13-22(2)19-23)28(33)21-35-27-18-11-10-17-25(27)30(3,4)5/h10-14,17-19,24,26H,6-9,15-16,20-21H2,1-5H3,(H,31,34)/t26-/m1/s1. The largest absolute Gasteiger partial charge is 0.483 e. The maximum Gasteiger partial charge on any atom is 0.261 e. The van der Waals surface area contributed by atoms with Crippen molar-refractivity contribution in [2.24, 2.45) is 0 Å². The van der Waals surface area contributed by atoms with Gasteiger partial charge in [-0.15, -0.1) is 0 Å². The van der Waals surface area contributed by atoms with Crippen LogP contribution in [-0.4, -0.2) is 35.4 Å². The number of nitrogens with one attached hydrogen (secondary N) is 1. The molecule has 2 amide bonds. The van der Waals surface area contributed by atoms with E-state index in [9.17, 15) is 9.59 Å². The quantitative estimate of drug-likeness (QED) is 0.486. The molecule has 0 saturated heterocycles. The minimum Gasteiger partial charge on any atom is -0.483 e. The molecule has 1 atom stereocenters. The Hall–Kier alpha value is -2.82. The maximum absolute atomic E-state index is 13.6. The van der Waals surface area contributed by atoms with Gasteiger partial charge in [-0.3, -0.25) is 9.59 Å². The first kappa shape index (κ1) is 26.8. The summed E-state index contributed by atoms with van der Waals surface area (Å²) in [5.74, 6) is 0.472. The normalized spacial score (nSPS) is 15.3. The van der Waals surface area contributed by atoms with Gasteiger partial charge in [0.05, 0.1) is 0 Å². The fourth-order valence-corrected chi connectivity index (χ4v) is 4.91. The Morgan fingerprint density at radius 2 is 1.77 bits per heavy atom. The molecule has 0 aliphatic heterocycles. The predicted octanol–water partition coefficient (Wildman–Crippen LogP) is 5.93. The number of ether oxygens (including phenoxy) is 1. The van der Waals surface area contributed by atoms with Gasteiger partial charge in [-0.05, 0) is 48.8 Å². The first-order valence-electron chi connectivity index (χ1n) is 13.1. The zero-order valence-corrected chi connectivity index (χ0v) is 22.1. The number of carbonyl (C=O) groups excluding carboxylic acids is 2. The first-order valence-corrected chi connectivity index (χ1v) is 13.1. The van der Waals surface area contributed by atoms with Crippen LogP contribution in [0.15, 0.2) is 48.5 Å². The molecule has 1 aliphatic carbocycles. The second-order valence-corrected chi connectivity index (χ2v) is 10.8. The van der Waals surface area contributed by atoms with Crippen molar-refractivity contribution < 1.29 is 14.3 Å². The number of para-hydroxylation sites is 1. The molecular weight excluding hydrogens is 436 g/mol. The lowest BCUT2D eigenvalue weighted by Crippen LogP contribution is -2.52. The van der Waals surface area contributed by atoms with Crippen molar-refractivity contribution in [1.29, 1.82) is 0 Å². The van der Waals surface area contributed by atoms with Gasteiger partial charge in [0.15, 0.2) is 6.61 Å². The Morgan fingerprint density at radius 3 is 2.43 bits per heavy atom. The Labute approximate surface area is 211 Å². The van der Waals surface area contributed by atoms with Crippen molar-refractivity contribution in [1.82, 2.24) is 10.2 Å². The van der Waals surface area contributed by atoms with Gasteiger partial charge in [0.1, 0.15) is 11.8 Å². The van der Waals surface area contributed by atoms with E-state index in [2.05, 4.69) is 32.2 Å². The van der Waals surface area contributed by atoms with E-state index in [-0.39, 0.29) is 29.9 Å². The van der Waals surface area contributed by atoms with E-state index in [1.165, 1.54) is 6.42 Å². The summed E-state index contributed by atoms with van der Waals surface area (Å²) in [6.07, 6.45) is 6.11. The maximum atomic E-state index is 13.6. The number of carbonyl (C=O) groups is 2. The molecule has 35 heavy (non-hydrogen) atoms. The number of benzene rings is 2. The van der Waals surface area contributed by atoms with Gasteiger partial charge in [0.25, 0.3) is 5.91 Å². The van der Waals surface area contributed by atoms with Crippen molar-refractivity contribution in [2.75, 3.05) is 6.61 Å². The summed E-state index contributed by atoms with van der Waals surface area (Å²) >= 11 is 0. The summed E-state index contributed by atoms with van der Waals surface area (Å²) in [7, 11) is 0. The minimum atomic E-state index is -0.536. The molecule has 3 rings (SSSR count). The highest BCUT2D eigenvalue weighted by Gasteiger charge is 2.31. The SMILES string of the molecule is CC[C@H](C(=O)NC1CCCCC1)N(Cc1cccc(C)c1)C(=O)COc1ccccc1C(C)(C)C. The predicted molar refractivity (Wildman–Crippen MR) is 141 cm³/mol. The van der Waals surface area contributed by atoms with E-state index in [1.807, 2.05) is 56.3 Å². The molecule has 2 aromatic carbocycles. The van der Waals surface area contributed by atoms with Crippen LogP contribution in [0, 0.1) is 6.92 Å². The first-order chi connectivity index (χ1) is 16.7. The monoisotopic (exact) mass is 478 g/mol. The van der Waals surface area contributed by atoms with Gasteiger partial charge >= 0.3 is 0 Å². The summed E-state index contributed by atoms with van der Waals surface area (Å²) < 4.78 is 6.07. The third-order valence-electron chi connectivity index (χ3n) is 6.82. The van der Waals surface area contributed by atoms with Gasteiger partial charge in [0.2, 0.25) is 5.91 Å². The van der Waals surface area contributed by atoms with E-state index >= 15 is 0 Å². The Kier molecular flexibility index (Phi) is 9.36. The van der Waals surface area contributed by atoms with Gasteiger partial charge in [-0.25, -0.2) is 0 Å². The molecule has 1 aliphatic rings. The molecule has 0 bridgehead atoms. The average Bonchev–Trinajstić information content (AvgIpc) is 2.82. The van der Waals surface area contributed by atoms with Crippen LogP contribution in [0.1, 0.15) is 82.9 Å². The van der Waals surface area contributed by atoms with Crippen molar-refractivity contribution in [3.63, 3.8) is 0 Å². The number of aryl methyl sites for hydroxylation is 1. The molecule has 2 aromatic rings. The van der Waals surface area contributed by atoms with Gasteiger partial charge in [-0.1, -0.05) is 95.0 Å². The Morgan fingerprint density at radius 1 is 1.06 bits per heavy atom. The molecule has 1 saturated carbocycles. The highest BCUT2D eigenvalue weighted by molar-refractivity contribution is 5.88. The molecule has 5 nitrogen and oxygen atoms in total. The summed E-state index contributed by atoms with van der Waals surface area (Å²) in [6, 6.07) is 15.6. The van der Waals surface area contributed by atoms with Crippen LogP contribution in [0.4, 0.5) is 0 Å². The Balaban J connectivity index is 1.80. The van der Waals surface area contributed by atoms with E-state index in [4.69, 9.17) is 4.74 Å².